The van der Waals surface area contributed by atoms with Crippen molar-refractivity contribution < 1.29 is 19.1 Å². The standard InChI is InChI=1S/C13H18O4/c1-4-5-6-7-12(15)11(13(16)17-3)9-8-10(2)14/h1,11H,5-9H2,2-3H3. The molecule has 4 nitrogen and oxygen atoms in total. The molecule has 0 aromatic heterocycles. The van der Waals surface area contributed by atoms with Crippen molar-refractivity contribution in [3.8, 4) is 12.3 Å². The van der Waals surface area contributed by atoms with Crippen molar-refractivity contribution in [2.75, 3.05) is 7.11 Å². The number of ether oxygens (including phenoxy) is 1. The Labute approximate surface area is 102 Å². The third kappa shape index (κ3) is 6.52. The smallest absolute Gasteiger partial charge is 0.316 e. The molecule has 0 fully saturated rings. The van der Waals surface area contributed by atoms with Gasteiger partial charge in [-0.1, -0.05) is 0 Å². The van der Waals surface area contributed by atoms with Crippen LogP contribution in [0, 0.1) is 18.3 Å². The Hall–Kier alpha value is -1.63. The van der Waals surface area contributed by atoms with Gasteiger partial charge in [0.05, 0.1) is 7.11 Å². The highest BCUT2D eigenvalue weighted by Crippen LogP contribution is 2.14. The van der Waals surface area contributed by atoms with Crippen LogP contribution in [0.25, 0.3) is 0 Å². The highest BCUT2D eigenvalue weighted by Gasteiger charge is 2.26. The fraction of sp³-hybridized carbons (Fsp3) is 0.615. The van der Waals surface area contributed by atoms with Crippen molar-refractivity contribution in [2.45, 2.75) is 39.0 Å². The summed E-state index contributed by atoms with van der Waals surface area (Å²) in [6.07, 6.45) is 6.82. The van der Waals surface area contributed by atoms with E-state index in [9.17, 15) is 14.4 Å². The molecule has 0 aliphatic heterocycles. The van der Waals surface area contributed by atoms with Crippen LogP contribution in [0.2, 0.25) is 0 Å². The fourth-order valence-electron chi connectivity index (χ4n) is 1.44. The van der Waals surface area contributed by atoms with Crippen molar-refractivity contribution >= 4 is 17.5 Å². The van der Waals surface area contributed by atoms with Crippen LogP contribution in [-0.2, 0) is 19.1 Å². The highest BCUT2D eigenvalue weighted by atomic mass is 16.5. The predicted molar refractivity (Wildman–Crippen MR) is 63.1 cm³/mol. The number of unbranched alkanes of at least 4 members (excludes halogenated alkanes) is 1. The largest absolute Gasteiger partial charge is 0.468 e. The second-order valence-electron chi connectivity index (χ2n) is 3.84. The van der Waals surface area contributed by atoms with Gasteiger partial charge in [-0.25, -0.2) is 0 Å². The molecule has 1 unspecified atom stereocenters. The second kappa shape index (κ2) is 8.51. The molecule has 0 aromatic rings. The molecule has 0 bridgehead atoms. The van der Waals surface area contributed by atoms with E-state index >= 15 is 0 Å². The normalized spacial score (nSPS) is 11.4. The average molecular weight is 238 g/mol. The Morgan fingerprint density at radius 3 is 2.41 bits per heavy atom. The molecule has 0 N–H and O–H groups in total. The molecule has 94 valence electrons. The van der Waals surface area contributed by atoms with Gasteiger partial charge in [-0.15, -0.1) is 12.3 Å². The molecule has 0 aromatic carbocycles. The number of Topliss-reactive ketones (excluding diaryl/α,β-unsaturated/α-hetero) is 2. The number of ketones is 2. The number of terminal acetylenes is 1. The van der Waals surface area contributed by atoms with E-state index < -0.39 is 11.9 Å². The number of carbonyl (C=O) groups is 3. The maximum absolute atomic E-state index is 11.8. The summed E-state index contributed by atoms with van der Waals surface area (Å²) in [6.45, 7) is 1.43. The van der Waals surface area contributed by atoms with E-state index in [1.807, 2.05) is 0 Å². The van der Waals surface area contributed by atoms with Crippen molar-refractivity contribution in [3.05, 3.63) is 0 Å². The van der Waals surface area contributed by atoms with E-state index in [2.05, 4.69) is 10.7 Å². The first-order valence-corrected chi connectivity index (χ1v) is 5.56. The summed E-state index contributed by atoms with van der Waals surface area (Å²) in [5, 5.41) is 0. The lowest BCUT2D eigenvalue weighted by atomic mass is 9.94. The van der Waals surface area contributed by atoms with Gasteiger partial charge >= 0.3 is 5.97 Å². The Bertz CT molecular complexity index is 325. The predicted octanol–water partition coefficient (Wildman–Crippen LogP) is 1.52. The Morgan fingerprint density at radius 1 is 1.29 bits per heavy atom. The number of hydrogen-bond acceptors (Lipinski definition) is 4. The van der Waals surface area contributed by atoms with E-state index in [0.29, 0.717) is 12.8 Å². The van der Waals surface area contributed by atoms with Crippen molar-refractivity contribution in [3.63, 3.8) is 0 Å². The molecule has 0 saturated carbocycles. The molecule has 17 heavy (non-hydrogen) atoms. The van der Waals surface area contributed by atoms with E-state index in [1.165, 1.54) is 14.0 Å². The molecule has 0 heterocycles. The number of hydrogen-bond donors (Lipinski definition) is 0. The third-order valence-electron chi connectivity index (χ3n) is 2.40. The topological polar surface area (TPSA) is 60.4 Å². The molecule has 1 atom stereocenters. The summed E-state index contributed by atoms with van der Waals surface area (Å²) in [6, 6.07) is 0. The zero-order valence-electron chi connectivity index (χ0n) is 10.3. The monoisotopic (exact) mass is 238 g/mol. The van der Waals surface area contributed by atoms with Gasteiger partial charge in [-0.2, -0.15) is 0 Å². The van der Waals surface area contributed by atoms with Crippen LogP contribution in [0.4, 0.5) is 0 Å². The van der Waals surface area contributed by atoms with Crippen LogP contribution in [0.1, 0.15) is 39.0 Å². The fourth-order valence-corrected chi connectivity index (χ4v) is 1.44. The van der Waals surface area contributed by atoms with E-state index in [-0.39, 0.29) is 30.8 Å². The van der Waals surface area contributed by atoms with Crippen LogP contribution in [0.15, 0.2) is 0 Å². The molecule has 0 amide bonds. The van der Waals surface area contributed by atoms with Crippen molar-refractivity contribution in [1.29, 1.82) is 0 Å². The first kappa shape index (κ1) is 15.4. The van der Waals surface area contributed by atoms with Gasteiger partial charge in [0.25, 0.3) is 0 Å². The van der Waals surface area contributed by atoms with Gasteiger partial charge in [-0.05, 0) is 19.8 Å². The average Bonchev–Trinajstić information content (AvgIpc) is 2.28. The summed E-state index contributed by atoms with van der Waals surface area (Å²) < 4.78 is 4.56. The maximum Gasteiger partial charge on any atom is 0.316 e. The van der Waals surface area contributed by atoms with Crippen molar-refractivity contribution in [1.82, 2.24) is 0 Å². The van der Waals surface area contributed by atoms with Gasteiger partial charge in [0, 0.05) is 19.3 Å². The first-order valence-electron chi connectivity index (χ1n) is 5.56. The zero-order valence-corrected chi connectivity index (χ0v) is 10.3. The Morgan fingerprint density at radius 2 is 1.94 bits per heavy atom. The van der Waals surface area contributed by atoms with Crippen LogP contribution in [0.3, 0.4) is 0 Å². The maximum atomic E-state index is 11.8. The zero-order chi connectivity index (χ0) is 13.3. The van der Waals surface area contributed by atoms with Gasteiger partial charge in [0.1, 0.15) is 17.5 Å². The molecule has 0 radical (unpaired) electrons. The Balaban J connectivity index is 4.36. The number of esters is 1. The summed E-state index contributed by atoms with van der Waals surface area (Å²) in [7, 11) is 1.23. The summed E-state index contributed by atoms with van der Waals surface area (Å²) >= 11 is 0. The van der Waals surface area contributed by atoms with Crippen LogP contribution >= 0.6 is 0 Å². The third-order valence-corrected chi connectivity index (χ3v) is 2.40. The summed E-state index contributed by atoms with van der Waals surface area (Å²) in [5.41, 5.74) is 0. The minimum absolute atomic E-state index is 0.0460. The van der Waals surface area contributed by atoms with Gasteiger partial charge < -0.3 is 9.53 Å². The lowest BCUT2D eigenvalue weighted by Crippen LogP contribution is -2.25. The van der Waals surface area contributed by atoms with Gasteiger partial charge in [0.15, 0.2) is 0 Å². The number of carbonyl (C=O) groups excluding carboxylic acids is 3. The second-order valence-corrected chi connectivity index (χ2v) is 3.84. The Kier molecular flexibility index (Phi) is 7.70. The summed E-state index contributed by atoms with van der Waals surface area (Å²) in [4.78, 5) is 34.0. The van der Waals surface area contributed by atoms with E-state index in [1.54, 1.807) is 0 Å². The van der Waals surface area contributed by atoms with Crippen molar-refractivity contribution in [2.24, 2.45) is 5.92 Å². The molecule has 4 heteroatoms. The lowest BCUT2D eigenvalue weighted by Gasteiger charge is -2.12. The van der Waals surface area contributed by atoms with Gasteiger partial charge in [-0.3, -0.25) is 9.59 Å². The molecular weight excluding hydrogens is 220 g/mol. The minimum Gasteiger partial charge on any atom is -0.468 e. The highest BCUT2D eigenvalue weighted by molar-refractivity contribution is 5.99. The minimum atomic E-state index is -0.832. The quantitative estimate of drug-likeness (QED) is 0.278. The molecule has 0 spiro atoms. The molecule has 0 aliphatic carbocycles. The van der Waals surface area contributed by atoms with Crippen LogP contribution < -0.4 is 0 Å². The van der Waals surface area contributed by atoms with E-state index in [4.69, 9.17) is 6.42 Å². The molecule has 0 saturated heterocycles. The molecule has 0 aliphatic rings. The molecular formula is C13H18O4. The van der Waals surface area contributed by atoms with Crippen LogP contribution in [0.5, 0.6) is 0 Å². The van der Waals surface area contributed by atoms with Gasteiger partial charge in [0.2, 0.25) is 0 Å². The summed E-state index contributed by atoms with van der Waals surface area (Å²) in [5.74, 6) is 0.782. The number of methoxy groups -OCH3 is 1. The first-order chi connectivity index (χ1) is 8.02. The van der Waals surface area contributed by atoms with Crippen LogP contribution in [-0.4, -0.2) is 24.6 Å². The number of rotatable bonds is 8. The lowest BCUT2D eigenvalue weighted by molar-refractivity contribution is -0.149. The van der Waals surface area contributed by atoms with E-state index in [0.717, 1.165) is 0 Å². The molecule has 0 rings (SSSR count). The SMILES string of the molecule is C#CCCCC(=O)C(CCC(C)=O)C(=O)OC.